The lowest BCUT2D eigenvalue weighted by molar-refractivity contribution is 0.147. The zero-order valence-corrected chi connectivity index (χ0v) is 11.2. The minimum atomic E-state index is 0.178. The largest absolute Gasteiger partial charge is 0.368 e. The van der Waals surface area contributed by atoms with Gasteiger partial charge >= 0.3 is 0 Å². The fourth-order valence-electron chi connectivity index (χ4n) is 2.41. The average Bonchev–Trinajstić information content (AvgIpc) is 2.18. The Morgan fingerprint density at radius 2 is 2.06 bits per heavy atom. The molecule has 1 rings (SSSR count). The van der Waals surface area contributed by atoms with Gasteiger partial charge in [-0.2, -0.15) is 0 Å². The molecule has 0 amide bonds. The van der Waals surface area contributed by atoms with Crippen LogP contribution in [0.5, 0.6) is 0 Å². The highest BCUT2D eigenvalue weighted by molar-refractivity contribution is 5.13. The first-order valence-corrected chi connectivity index (χ1v) is 6.21. The summed E-state index contributed by atoms with van der Waals surface area (Å²) < 4.78 is 0. The lowest BCUT2D eigenvalue weighted by atomic mass is 9.94. The number of piperidine rings is 1. The van der Waals surface area contributed by atoms with E-state index < -0.39 is 0 Å². The highest BCUT2D eigenvalue weighted by atomic mass is 15.2. The summed E-state index contributed by atoms with van der Waals surface area (Å²) in [6.07, 6.45) is 4.33. The molecule has 92 valence electrons. The molecular weight excluding hydrogens is 196 g/mol. The standard InChI is InChI=1S/C14H26N2/c1-7-11(2)16-10-8-9-13(12(16)3)15-14(4,5)6/h7,12-13,15H,1-2,8-10H2,3-6H3. The number of hydrogen-bond donors (Lipinski definition) is 1. The summed E-state index contributed by atoms with van der Waals surface area (Å²) in [6.45, 7) is 17.9. The van der Waals surface area contributed by atoms with Crippen LogP contribution in [0.3, 0.4) is 0 Å². The molecule has 0 aliphatic carbocycles. The molecule has 1 aliphatic heterocycles. The van der Waals surface area contributed by atoms with Crippen molar-refractivity contribution in [3.63, 3.8) is 0 Å². The maximum absolute atomic E-state index is 4.06. The van der Waals surface area contributed by atoms with Gasteiger partial charge in [0, 0.05) is 29.9 Å². The summed E-state index contributed by atoms with van der Waals surface area (Å²) in [6, 6.07) is 1.05. The highest BCUT2D eigenvalue weighted by Gasteiger charge is 2.30. The number of nitrogens with zero attached hydrogens (tertiary/aromatic N) is 1. The van der Waals surface area contributed by atoms with Crippen molar-refractivity contribution in [2.45, 2.75) is 58.2 Å². The Labute approximate surface area is 100 Å². The summed E-state index contributed by atoms with van der Waals surface area (Å²) in [5.74, 6) is 0. The molecule has 0 aromatic heterocycles. The molecule has 0 bridgehead atoms. The molecule has 1 fully saturated rings. The van der Waals surface area contributed by atoms with E-state index >= 15 is 0 Å². The molecular formula is C14H26N2. The number of hydrogen-bond acceptors (Lipinski definition) is 2. The first-order valence-electron chi connectivity index (χ1n) is 6.21. The second kappa shape index (κ2) is 5.05. The van der Waals surface area contributed by atoms with E-state index in [1.54, 1.807) is 0 Å². The van der Waals surface area contributed by atoms with E-state index in [2.05, 4.69) is 51.1 Å². The first-order chi connectivity index (χ1) is 7.35. The molecule has 0 spiro atoms. The Kier molecular flexibility index (Phi) is 4.20. The number of nitrogens with one attached hydrogen (secondary N) is 1. The van der Waals surface area contributed by atoms with Gasteiger partial charge < -0.3 is 10.2 Å². The van der Waals surface area contributed by atoms with E-state index in [-0.39, 0.29) is 5.54 Å². The quantitative estimate of drug-likeness (QED) is 0.739. The molecule has 1 N–H and O–H groups in total. The highest BCUT2D eigenvalue weighted by Crippen LogP contribution is 2.23. The van der Waals surface area contributed by atoms with Gasteiger partial charge in [-0.05, 0) is 46.6 Å². The first kappa shape index (κ1) is 13.3. The van der Waals surface area contributed by atoms with Crippen molar-refractivity contribution in [1.82, 2.24) is 10.2 Å². The van der Waals surface area contributed by atoms with Gasteiger partial charge in [-0.1, -0.05) is 13.2 Å². The van der Waals surface area contributed by atoms with Crippen molar-refractivity contribution in [3.05, 3.63) is 24.9 Å². The Morgan fingerprint density at radius 3 is 2.56 bits per heavy atom. The number of likely N-dealkylation sites (tertiary alicyclic amines) is 1. The van der Waals surface area contributed by atoms with Crippen LogP contribution in [0.15, 0.2) is 24.9 Å². The van der Waals surface area contributed by atoms with Crippen LogP contribution in [0.2, 0.25) is 0 Å². The molecule has 1 aliphatic rings. The molecule has 0 aromatic carbocycles. The normalized spacial score (nSPS) is 26.6. The van der Waals surface area contributed by atoms with Crippen molar-refractivity contribution in [3.8, 4) is 0 Å². The van der Waals surface area contributed by atoms with Gasteiger partial charge in [-0.3, -0.25) is 0 Å². The van der Waals surface area contributed by atoms with Crippen LogP contribution in [0, 0.1) is 0 Å². The lowest BCUT2D eigenvalue weighted by Crippen LogP contribution is -2.56. The molecule has 1 heterocycles. The fraction of sp³-hybridized carbons (Fsp3) is 0.714. The average molecular weight is 222 g/mol. The van der Waals surface area contributed by atoms with Gasteiger partial charge in [0.1, 0.15) is 0 Å². The third-order valence-electron chi connectivity index (χ3n) is 3.21. The Morgan fingerprint density at radius 1 is 1.44 bits per heavy atom. The monoisotopic (exact) mass is 222 g/mol. The molecule has 0 saturated carbocycles. The van der Waals surface area contributed by atoms with Gasteiger partial charge in [-0.15, -0.1) is 0 Å². The Hall–Kier alpha value is -0.760. The SMILES string of the molecule is C=CC(=C)N1CCCC(NC(C)(C)C)C1C. The van der Waals surface area contributed by atoms with Gasteiger partial charge in [0.2, 0.25) is 0 Å². The van der Waals surface area contributed by atoms with Crippen molar-refractivity contribution in [2.75, 3.05) is 6.54 Å². The van der Waals surface area contributed by atoms with Crippen LogP contribution in [0.4, 0.5) is 0 Å². The summed E-state index contributed by atoms with van der Waals surface area (Å²) in [7, 11) is 0. The van der Waals surface area contributed by atoms with Crippen LogP contribution in [0.1, 0.15) is 40.5 Å². The Bertz CT molecular complexity index is 262. The zero-order valence-electron chi connectivity index (χ0n) is 11.2. The van der Waals surface area contributed by atoms with E-state index in [4.69, 9.17) is 0 Å². The Balaban J connectivity index is 2.67. The topological polar surface area (TPSA) is 15.3 Å². The third kappa shape index (κ3) is 3.38. The van der Waals surface area contributed by atoms with Crippen LogP contribution < -0.4 is 5.32 Å². The smallest absolute Gasteiger partial charge is 0.0414 e. The third-order valence-corrected chi connectivity index (χ3v) is 3.21. The van der Waals surface area contributed by atoms with Gasteiger partial charge in [0.15, 0.2) is 0 Å². The maximum atomic E-state index is 4.06. The van der Waals surface area contributed by atoms with Gasteiger partial charge in [0.05, 0.1) is 0 Å². The summed E-state index contributed by atoms with van der Waals surface area (Å²) in [5.41, 5.74) is 1.23. The van der Waals surface area contributed by atoms with E-state index in [0.29, 0.717) is 12.1 Å². The lowest BCUT2D eigenvalue weighted by Gasteiger charge is -2.44. The minimum Gasteiger partial charge on any atom is -0.368 e. The van der Waals surface area contributed by atoms with Crippen molar-refractivity contribution in [2.24, 2.45) is 0 Å². The summed E-state index contributed by atoms with van der Waals surface area (Å²) in [5, 5.41) is 3.70. The summed E-state index contributed by atoms with van der Waals surface area (Å²) in [4.78, 5) is 2.36. The number of rotatable bonds is 3. The van der Waals surface area contributed by atoms with E-state index in [0.717, 1.165) is 12.2 Å². The van der Waals surface area contributed by atoms with Crippen LogP contribution in [-0.2, 0) is 0 Å². The minimum absolute atomic E-state index is 0.178. The van der Waals surface area contributed by atoms with E-state index in [9.17, 15) is 0 Å². The van der Waals surface area contributed by atoms with Gasteiger partial charge in [-0.25, -0.2) is 0 Å². The molecule has 2 nitrogen and oxygen atoms in total. The number of allylic oxidation sites excluding steroid dienone is 1. The van der Waals surface area contributed by atoms with Crippen LogP contribution in [0.25, 0.3) is 0 Å². The predicted octanol–water partition coefficient (Wildman–Crippen LogP) is 2.93. The van der Waals surface area contributed by atoms with Crippen molar-refractivity contribution in [1.29, 1.82) is 0 Å². The molecule has 2 atom stereocenters. The second-order valence-corrected chi connectivity index (χ2v) is 5.77. The molecule has 16 heavy (non-hydrogen) atoms. The molecule has 2 unspecified atom stereocenters. The second-order valence-electron chi connectivity index (χ2n) is 5.77. The van der Waals surface area contributed by atoms with Gasteiger partial charge in [0.25, 0.3) is 0 Å². The zero-order chi connectivity index (χ0) is 12.3. The summed E-state index contributed by atoms with van der Waals surface area (Å²) >= 11 is 0. The fourth-order valence-corrected chi connectivity index (χ4v) is 2.41. The van der Waals surface area contributed by atoms with E-state index in [1.807, 2.05) is 6.08 Å². The van der Waals surface area contributed by atoms with Crippen molar-refractivity contribution >= 4 is 0 Å². The molecule has 1 saturated heterocycles. The predicted molar refractivity (Wildman–Crippen MR) is 71.4 cm³/mol. The van der Waals surface area contributed by atoms with Crippen LogP contribution >= 0.6 is 0 Å². The van der Waals surface area contributed by atoms with Crippen LogP contribution in [-0.4, -0.2) is 29.1 Å². The van der Waals surface area contributed by atoms with E-state index in [1.165, 1.54) is 12.8 Å². The molecule has 0 aromatic rings. The molecule has 0 radical (unpaired) electrons. The molecule has 2 heteroatoms. The maximum Gasteiger partial charge on any atom is 0.0414 e. The van der Waals surface area contributed by atoms with Crippen molar-refractivity contribution < 1.29 is 0 Å².